The second-order valence-electron chi connectivity index (χ2n) is 5.06. The number of carbonyl (C=O) groups is 1. The van der Waals surface area contributed by atoms with Gasteiger partial charge in [-0.05, 0) is 31.7 Å². The predicted octanol–water partition coefficient (Wildman–Crippen LogP) is 3.45. The van der Waals surface area contributed by atoms with E-state index in [4.69, 9.17) is 0 Å². The van der Waals surface area contributed by atoms with Crippen LogP contribution in [0.1, 0.15) is 21.5 Å². The maximum atomic E-state index is 13.5. The topological polar surface area (TPSA) is 20.3 Å². The number of rotatable bonds is 5. The first-order valence-electron chi connectivity index (χ1n) is 6.58. The average Bonchev–Trinajstić information content (AvgIpc) is 2.38. The molecule has 0 atom stereocenters. The third-order valence-electron chi connectivity index (χ3n) is 3.12. The number of aryl methyl sites for hydroxylation is 1. The lowest BCUT2D eigenvalue weighted by Gasteiger charge is -2.16. The fourth-order valence-electron chi connectivity index (χ4n) is 2.20. The number of nitrogens with zero attached hydrogens (tertiary/aromatic N) is 1. The summed E-state index contributed by atoms with van der Waals surface area (Å²) in [6.07, 6.45) is 0. The van der Waals surface area contributed by atoms with Gasteiger partial charge in [0, 0.05) is 6.54 Å². The van der Waals surface area contributed by atoms with Crippen molar-refractivity contribution in [1.29, 1.82) is 0 Å². The van der Waals surface area contributed by atoms with E-state index >= 15 is 0 Å². The highest BCUT2D eigenvalue weighted by atomic mass is 19.1. The zero-order valence-corrected chi connectivity index (χ0v) is 11.8. The molecule has 104 valence electrons. The SMILES string of the molecule is Cc1cccc(CN(C)CC(=O)c2ccccc2F)c1. The van der Waals surface area contributed by atoms with E-state index < -0.39 is 5.82 Å². The lowest BCUT2D eigenvalue weighted by molar-refractivity contribution is 0.0939. The Morgan fingerprint density at radius 1 is 1.15 bits per heavy atom. The van der Waals surface area contributed by atoms with E-state index in [-0.39, 0.29) is 17.9 Å². The van der Waals surface area contributed by atoms with Crippen LogP contribution in [0.2, 0.25) is 0 Å². The highest BCUT2D eigenvalue weighted by Gasteiger charge is 2.13. The Morgan fingerprint density at radius 3 is 2.60 bits per heavy atom. The third kappa shape index (κ3) is 3.75. The molecule has 0 spiro atoms. The lowest BCUT2D eigenvalue weighted by atomic mass is 10.1. The van der Waals surface area contributed by atoms with Gasteiger partial charge in [0.15, 0.2) is 5.78 Å². The number of ketones is 1. The van der Waals surface area contributed by atoms with Gasteiger partial charge in [0.2, 0.25) is 0 Å². The van der Waals surface area contributed by atoms with Crippen molar-refractivity contribution in [3.8, 4) is 0 Å². The van der Waals surface area contributed by atoms with E-state index in [1.807, 2.05) is 37.1 Å². The number of likely N-dealkylation sites (N-methyl/N-ethyl adjacent to an activating group) is 1. The quantitative estimate of drug-likeness (QED) is 0.776. The molecule has 20 heavy (non-hydrogen) atoms. The molecule has 0 saturated carbocycles. The molecular weight excluding hydrogens is 253 g/mol. The summed E-state index contributed by atoms with van der Waals surface area (Å²) in [7, 11) is 1.86. The minimum absolute atomic E-state index is 0.156. The van der Waals surface area contributed by atoms with E-state index in [1.165, 1.54) is 17.7 Å². The molecule has 0 N–H and O–H groups in total. The van der Waals surface area contributed by atoms with E-state index in [2.05, 4.69) is 6.07 Å². The molecule has 0 amide bonds. The average molecular weight is 271 g/mol. The summed E-state index contributed by atoms with van der Waals surface area (Å²) >= 11 is 0. The minimum Gasteiger partial charge on any atom is -0.295 e. The molecule has 0 aliphatic rings. The van der Waals surface area contributed by atoms with Crippen molar-refractivity contribution in [3.63, 3.8) is 0 Å². The van der Waals surface area contributed by atoms with Crippen molar-refractivity contribution < 1.29 is 9.18 Å². The van der Waals surface area contributed by atoms with Gasteiger partial charge in [-0.15, -0.1) is 0 Å². The lowest BCUT2D eigenvalue weighted by Crippen LogP contribution is -2.26. The smallest absolute Gasteiger partial charge is 0.179 e. The van der Waals surface area contributed by atoms with Crippen LogP contribution >= 0.6 is 0 Å². The molecule has 0 radical (unpaired) electrons. The molecular formula is C17H18FNO. The fraction of sp³-hybridized carbons (Fsp3) is 0.235. The van der Waals surface area contributed by atoms with Crippen molar-refractivity contribution in [2.75, 3.05) is 13.6 Å². The Hall–Kier alpha value is -2.00. The molecule has 0 bridgehead atoms. The molecule has 0 aliphatic carbocycles. The first-order chi connectivity index (χ1) is 9.56. The standard InChI is InChI=1S/C17H18FNO/c1-13-6-5-7-14(10-13)11-19(2)12-17(20)15-8-3-4-9-16(15)18/h3-10H,11-12H2,1-2H3. The van der Waals surface area contributed by atoms with Crippen molar-refractivity contribution in [2.45, 2.75) is 13.5 Å². The molecule has 2 aromatic rings. The Labute approximate surface area is 118 Å². The molecule has 0 aliphatic heterocycles. The second kappa shape index (κ2) is 6.44. The van der Waals surface area contributed by atoms with Crippen LogP contribution in [0.5, 0.6) is 0 Å². The van der Waals surface area contributed by atoms with Gasteiger partial charge in [-0.3, -0.25) is 9.69 Å². The van der Waals surface area contributed by atoms with Crippen LogP contribution < -0.4 is 0 Å². The summed E-state index contributed by atoms with van der Waals surface area (Å²) in [5.41, 5.74) is 2.49. The molecule has 2 nitrogen and oxygen atoms in total. The van der Waals surface area contributed by atoms with Crippen LogP contribution in [0.25, 0.3) is 0 Å². The first kappa shape index (κ1) is 14.4. The van der Waals surface area contributed by atoms with Gasteiger partial charge in [0.05, 0.1) is 12.1 Å². The highest BCUT2D eigenvalue weighted by molar-refractivity contribution is 5.97. The number of Topliss-reactive ketones (excluding diaryl/α,β-unsaturated/α-hetero) is 1. The van der Waals surface area contributed by atoms with E-state index in [0.717, 1.165) is 5.56 Å². The van der Waals surface area contributed by atoms with Crippen molar-refractivity contribution >= 4 is 5.78 Å². The summed E-state index contributed by atoms with van der Waals surface area (Å²) in [6.45, 7) is 2.91. The Bertz CT molecular complexity index is 609. The maximum absolute atomic E-state index is 13.5. The predicted molar refractivity (Wildman–Crippen MR) is 78.2 cm³/mol. The van der Waals surface area contributed by atoms with Gasteiger partial charge < -0.3 is 0 Å². The number of halogens is 1. The second-order valence-corrected chi connectivity index (χ2v) is 5.06. The molecule has 0 unspecified atom stereocenters. The number of benzene rings is 2. The van der Waals surface area contributed by atoms with Crippen LogP contribution in [-0.4, -0.2) is 24.3 Å². The number of carbonyl (C=O) groups excluding carboxylic acids is 1. The van der Waals surface area contributed by atoms with Crippen LogP contribution in [0.4, 0.5) is 4.39 Å². The summed E-state index contributed by atoms with van der Waals surface area (Å²) in [5, 5.41) is 0. The maximum Gasteiger partial charge on any atom is 0.179 e. The van der Waals surface area contributed by atoms with Crippen LogP contribution in [0.3, 0.4) is 0 Å². The Morgan fingerprint density at radius 2 is 1.90 bits per heavy atom. The largest absolute Gasteiger partial charge is 0.295 e. The molecule has 0 fully saturated rings. The molecule has 3 heteroatoms. The summed E-state index contributed by atoms with van der Waals surface area (Å²) in [4.78, 5) is 13.9. The van der Waals surface area contributed by atoms with Crippen LogP contribution in [0.15, 0.2) is 48.5 Å². The Balaban J connectivity index is 2.00. The summed E-state index contributed by atoms with van der Waals surface area (Å²) in [6, 6.07) is 14.2. The van der Waals surface area contributed by atoms with E-state index in [1.54, 1.807) is 12.1 Å². The van der Waals surface area contributed by atoms with Crippen molar-refractivity contribution in [2.24, 2.45) is 0 Å². The molecule has 0 heterocycles. The molecule has 2 rings (SSSR count). The summed E-state index contributed by atoms with van der Waals surface area (Å²) < 4.78 is 13.5. The van der Waals surface area contributed by atoms with Crippen LogP contribution in [0, 0.1) is 12.7 Å². The normalized spacial score (nSPS) is 10.8. The van der Waals surface area contributed by atoms with Crippen molar-refractivity contribution in [3.05, 3.63) is 71.0 Å². The summed E-state index contributed by atoms with van der Waals surface area (Å²) in [5.74, 6) is -0.653. The van der Waals surface area contributed by atoms with Gasteiger partial charge in [-0.2, -0.15) is 0 Å². The minimum atomic E-state index is -0.457. The number of hydrogen-bond acceptors (Lipinski definition) is 2. The zero-order valence-electron chi connectivity index (χ0n) is 11.8. The van der Waals surface area contributed by atoms with Gasteiger partial charge in [0.1, 0.15) is 5.82 Å². The number of hydrogen-bond donors (Lipinski definition) is 0. The van der Waals surface area contributed by atoms with Gasteiger partial charge in [-0.25, -0.2) is 4.39 Å². The molecule has 2 aromatic carbocycles. The first-order valence-corrected chi connectivity index (χ1v) is 6.58. The van der Waals surface area contributed by atoms with E-state index in [0.29, 0.717) is 6.54 Å². The van der Waals surface area contributed by atoms with Gasteiger partial charge >= 0.3 is 0 Å². The molecule has 0 saturated heterocycles. The zero-order chi connectivity index (χ0) is 14.5. The van der Waals surface area contributed by atoms with Crippen molar-refractivity contribution in [1.82, 2.24) is 4.90 Å². The van der Waals surface area contributed by atoms with Gasteiger partial charge in [0.25, 0.3) is 0 Å². The van der Waals surface area contributed by atoms with Crippen LogP contribution in [-0.2, 0) is 6.54 Å². The Kier molecular flexibility index (Phi) is 4.64. The fourth-order valence-corrected chi connectivity index (χ4v) is 2.20. The highest BCUT2D eigenvalue weighted by Crippen LogP contribution is 2.10. The monoisotopic (exact) mass is 271 g/mol. The molecule has 0 aromatic heterocycles. The third-order valence-corrected chi connectivity index (χ3v) is 3.12. The van der Waals surface area contributed by atoms with Gasteiger partial charge in [-0.1, -0.05) is 42.0 Å². The van der Waals surface area contributed by atoms with E-state index in [9.17, 15) is 9.18 Å².